The third kappa shape index (κ3) is 4.80. The molecule has 7 nitrogen and oxygen atoms in total. The van der Waals surface area contributed by atoms with E-state index in [0.717, 1.165) is 24.5 Å². The van der Waals surface area contributed by atoms with Crippen LogP contribution in [-0.2, 0) is 14.3 Å². The molecule has 0 saturated carbocycles. The van der Waals surface area contributed by atoms with Crippen molar-refractivity contribution in [1.29, 1.82) is 0 Å². The van der Waals surface area contributed by atoms with E-state index in [2.05, 4.69) is 10.2 Å². The second kappa shape index (κ2) is 9.23. The van der Waals surface area contributed by atoms with Gasteiger partial charge in [-0.05, 0) is 36.4 Å². The Morgan fingerprint density at radius 2 is 1.79 bits per heavy atom. The van der Waals surface area contributed by atoms with E-state index in [1.165, 1.54) is 11.8 Å². The van der Waals surface area contributed by atoms with Crippen molar-refractivity contribution in [1.82, 2.24) is 0 Å². The van der Waals surface area contributed by atoms with Gasteiger partial charge in [0.05, 0.1) is 31.7 Å². The molecule has 0 atom stereocenters. The van der Waals surface area contributed by atoms with Crippen LogP contribution in [0.4, 0.5) is 17.1 Å². The lowest BCUT2D eigenvalue weighted by atomic mass is 10.2. The SMILES string of the molecule is COc1ccc(NC(=O)CN(C(C)=O)c2ccccc2N2CCOCC2)cc1. The number of nitrogens with one attached hydrogen (secondary N) is 1. The summed E-state index contributed by atoms with van der Waals surface area (Å²) in [7, 11) is 1.59. The van der Waals surface area contributed by atoms with Gasteiger partial charge in [-0.3, -0.25) is 9.59 Å². The highest BCUT2D eigenvalue weighted by Crippen LogP contribution is 2.30. The molecule has 0 radical (unpaired) electrons. The van der Waals surface area contributed by atoms with Gasteiger partial charge in [-0.2, -0.15) is 0 Å². The Labute approximate surface area is 164 Å². The number of methoxy groups -OCH3 is 1. The number of rotatable bonds is 6. The third-order valence-corrected chi connectivity index (χ3v) is 4.58. The van der Waals surface area contributed by atoms with Gasteiger partial charge in [-0.25, -0.2) is 0 Å². The van der Waals surface area contributed by atoms with Gasteiger partial charge in [-0.1, -0.05) is 12.1 Å². The van der Waals surface area contributed by atoms with Gasteiger partial charge in [-0.15, -0.1) is 0 Å². The molecule has 0 bridgehead atoms. The summed E-state index contributed by atoms with van der Waals surface area (Å²) in [6.45, 7) is 4.19. The van der Waals surface area contributed by atoms with Crippen molar-refractivity contribution < 1.29 is 19.1 Å². The summed E-state index contributed by atoms with van der Waals surface area (Å²) in [5.41, 5.74) is 2.30. The number of carbonyl (C=O) groups is 2. The lowest BCUT2D eigenvalue weighted by Gasteiger charge is -2.33. The smallest absolute Gasteiger partial charge is 0.244 e. The molecule has 2 aromatic rings. The Kier molecular flexibility index (Phi) is 6.49. The van der Waals surface area contributed by atoms with E-state index in [9.17, 15) is 9.59 Å². The van der Waals surface area contributed by atoms with E-state index in [4.69, 9.17) is 9.47 Å². The maximum Gasteiger partial charge on any atom is 0.244 e. The van der Waals surface area contributed by atoms with Gasteiger partial charge in [0.1, 0.15) is 12.3 Å². The van der Waals surface area contributed by atoms with Crippen LogP contribution in [0.25, 0.3) is 0 Å². The first-order valence-electron chi connectivity index (χ1n) is 9.22. The number of ether oxygens (including phenoxy) is 2. The summed E-state index contributed by atoms with van der Waals surface area (Å²) in [5, 5.41) is 2.83. The zero-order valence-corrected chi connectivity index (χ0v) is 16.2. The van der Waals surface area contributed by atoms with E-state index < -0.39 is 0 Å². The summed E-state index contributed by atoms with van der Waals surface area (Å²) in [4.78, 5) is 28.6. The van der Waals surface area contributed by atoms with Crippen molar-refractivity contribution in [3.05, 3.63) is 48.5 Å². The van der Waals surface area contributed by atoms with E-state index >= 15 is 0 Å². The highest BCUT2D eigenvalue weighted by atomic mass is 16.5. The molecule has 0 spiro atoms. The monoisotopic (exact) mass is 383 g/mol. The minimum Gasteiger partial charge on any atom is -0.497 e. The first kappa shape index (κ1) is 19.7. The average Bonchev–Trinajstić information content (AvgIpc) is 2.73. The number of benzene rings is 2. The summed E-state index contributed by atoms with van der Waals surface area (Å²) in [5.74, 6) is 0.255. The number of amides is 2. The molecular formula is C21H25N3O4. The van der Waals surface area contributed by atoms with Gasteiger partial charge in [0.15, 0.2) is 0 Å². The summed E-state index contributed by atoms with van der Waals surface area (Å²) in [6.07, 6.45) is 0. The van der Waals surface area contributed by atoms with Crippen molar-refractivity contribution in [2.75, 3.05) is 55.1 Å². The largest absolute Gasteiger partial charge is 0.497 e. The number of nitrogens with zero attached hydrogens (tertiary/aromatic N) is 2. The summed E-state index contributed by atoms with van der Waals surface area (Å²) < 4.78 is 10.5. The first-order valence-corrected chi connectivity index (χ1v) is 9.22. The van der Waals surface area contributed by atoms with Gasteiger partial charge >= 0.3 is 0 Å². The molecule has 1 heterocycles. The van der Waals surface area contributed by atoms with Crippen LogP contribution < -0.4 is 19.9 Å². The molecule has 2 amide bonds. The number of anilines is 3. The van der Waals surface area contributed by atoms with Crippen molar-refractivity contribution in [2.24, 2.45) is 0 Å². The molecule has 7 heteroatoms. The van der Waals surface area contributed by atoms with Crippen molar-refractivity contribution in [3.8, 4) is 5.75 Å². The number of morpholine rings is 1. The summed E-state index contributed by atoms with van der Waals surface area (Å²) >= 11 is 0. The fraction of sp³-hybridized carbons (Fsp3) is 0.333. The molecule has 2 aromatic carbocycles. The fourth-order valence-corrected chi connectivity index (χ4v) is 3.15. The Bertz CT molecular complexity index is 817. The van der Waals surface area contributed by atoms with E-state index in [0.29, 0.717) is 24.7 Å². The molecule has 1 fully saturated rings. The summed E-state index contributed by atoms with van der Waals surface area (Å²) in [6, 6.07) is 14.7. The quantitative estimate of drug-likeness (QED) is 0.830. The van der Waals surface area contributed by atoms with Gasteiger partial charge in [0.25, 0.3) is 0 Å². The van der Waals surface area contributed by atoms with Crippen LogP contribution >= 0.6 is 0 Å². The van der Waals surface area contributed by atoms with Crippen LogP contribution in [0.2, 0.25) is 0 Å². The molecule has 148 valence electrons. The standard InChI is InChI=1S/C21H25N3O4/c1-16(25)24(15-21(26)22-17-7-9-18(27-2)10-8-17)20-6-4-3-5-19(20)23-11-13-28-14-12-23/h3-10H,11-15H2,1-2H3,(H,22,26). The lowest BCUT2D eigenvalue weighted by molar-refractivity contribution is -0.120. The molecule has 0 aromatic heterocycles. The zero-order valence-electron chi connectivity index (χ0n) is 16.2. The van der Waals surface area contributed by atoms with Crippen LogP contribution in [0.1, 0.15) is 6.92 Å². The zero-order chi connectivity index (χ0) is 19.9. The fourth-order valence-electron chi connectivity index (χ4n) is 3.15. The lowest BCUT2D eigenvalue weighted by Crippen LogP contribution is -2.40. The maximum absolute atomic E-state index is 12.6. The normalized spacial score (nSPS) is 13.7. The van der Waals surface area contributed by atoms with Crippen LogP contribution in [0, 0.1) is 0 Å². The van der Waals surface area contributed by atoms with E-state index in [1.54, 1.807) is 31.4 Å². The van der Waals surface area contributed by atoms with Crippen molar-refractivity contribution >= 4 is 28.9 Å². The minimum absolute atomic E-state index is 0.0668. The molecule has 0 unspecified atom stereocenters. The third-order valence-electron chi connectivity index (χ3n) is 4.58. The van der Waals surface area contributed by atoms with Gasteiger partial charge < -0.3 is 24.6 Å². The van der Waals surface area contributed by atoms with Crippen LogP contribution in [0.15, 0.2) is 48.5 Å². The predicted octanol–water partition coefficient (Wildman–Crippen LogP) is 2.52. The molecule has 1 aliphatic heterocycles. The molecular weight excluding hydrogens is 358 g/mol. The van der Waals surface area contributed by atoms with Crippen molar-refractivity contribution in [2.45, 2.75) is 6.92 Å². The van der Waals surface area contributed by atoms with E-state index in [-0.39, 0.29) is 18.4 Å². The molecule has 28 heavy (non-hydrogen) atoms. The minimum atomic E-state index is -0.267. The Balaban J connectivity index is 1.76. The topological polar surface area (TPSA) is 71.1 Å². The Morgan fingerprint density at radius 3 is 2.43 bits per heavy atom. The van der Waals surface area contributed by atoms with Crippen LogP contribution in [0.5, 0.6) is 5.75 Å². The van der Waals surface area contributed by atoms with Crippen LogP contribution in [0.3, 0.4) is 0 Å². The van der Waals surface area contributed by atoms with Gasteiger partial charge in [0.2, 0.25) is 11.8 Å². The molecule has 0 aliphatic carbocycles. The Morgan fingerprint density at radius 1 is 1.11 bits per heavy atom. The number of hydrogen-bond acceptors (Lipinski definition) is 5. The van der Waals surface area contributed by atoms with E-state index in [1.807, 2.05) is 24.3 Å². The number of hydrogen-bond donors (Lipinski definition) is 1. The number of para-hydroxylation sites is 2. The second-order valence-corrected chi connectivity index (χ2v) is 6.47. The molecule has 1 aliphatic rings. The highest BCUT2D eigenvalue weighted by molar-refractivity contribution is 6.03. The average molecular weight is 383 g/mol. The first-order chi connectivity index (χ1) is 13.6. The van der Waals surface area contributed by atoms with Gasteiger partial charge in [0, 0.05) is 25.7 Å². The molecule has 1 saturated heterocycles. The predicted molar refractivity (Wildman–Crippen MR) is 109 cm³/mol. The van der Waals surface area contributed by atoms with Crippen LogP contribution in [-0.4, -0.2) is 51.8 Å². The molecule has 3 rings (SSSR count). The second-order valence-electron chi connectivity index (χ2n) is 6.47. The molecule has 1 N–H and O–H groups in total. The highest BCUT2D eigenvalue weighted by Gasteiger charge is 2.22. The van der Waals surface area contributed by atoms with Crippen molar-refractivity contribution in [3.63, 3.8) is 0 Å². The Hall–Kier alpha value is -3.06. The maximum atomic E-state index is 12.6. The number of carbonyl (C=O) groups excluding carboxylic acids is 2.